The number of morpholine rings is 1. The summed E-state index contributed by atoms with van der Waals surface area (Å²) in [4.78, 5) is 18.7. The van der Waals surface area contributed by atoms with E-state index in [-0.39, 0.29) is 11.9 Å². The number of carbonyl (C=O) groups is 1. The SMILES string of the molecule is CCNC(=O)C1COCCN1Cc1cccnc1NCC. The normalized spacial score (nSPS) is 19.2. The Morgan fingerprint density at radius 2 is 2.33 bits per heavy atom. The van der Waals surface area contributed by atoms with Crippen molar-refractivity contribution in [1.82, 2.24) is 15.2 Å². The monoisotopic (exact) mass is 292 g/mol. The molecule has 0 aromatic carbocycles. The van der Waals surface area contributed by atoms with E-state index in [0.29, 0.717) is 26.3 Å². The molecule has 116 valence electrons. The maximum absolute atomic E-state index is 12.1. The van der Waals surface area contributed by atoms with Crippen LogP contribution in [-0.2, 0) is 16.1 Å². The molecule has 6 heteroatoms. The number of carbonyl (C=O) groups excluding carboxylic acids is 1. The molecule has 2 rings (SSSR count). The summed E-state index contributed by atoms with van der Waals surface area (Å²) in [6, 6.07) is 3.75. The predicted molar refractivity (Wildman–Crippen MR) is 82.1 cm³/mol. The number of likely N-dealkylation sites (N-methyl/N-ethyl adjacent to an activating group) is 1. The van der Waals surface area contributed by atoms with E-state index in [4.69, 9.17) is 4.74 Å². The molecular formula is C15H24N4O2. The highest BCUT2D eigenvalue weighted by atomic mass is 16.5. The predicted octanol–water partition coefficient (Wildman–Crippen LogP) is 0.850. The fourth-order valence-corrected chi connectivity index (χ4v) is 2.47. The number of anilines is 1. The summed E-state index contributed by atoms with van der Waals surface area (Å²) >= 11 is 0. The van der Waals surface area contributed by atoms with Crippen molar-refractivity contribution in [2.45, 2.75) is 26.4 Å². The van der Waals surface area contributed by atoms with E-state index in [2.05, 4.69) is 26.6 Å². The summed E-state index contributed by atoms with van der Waals surface area (Å²) in [5.74, 6) is 0.923. The number of aromatic nitrogens is 1. The van der Waals surface area contributed by atoms with Crippen LogP contribution >= 0.6 is 0 Å². The molecule has 0 radical (unpaired) electrons. The van der Waals surface area contributed by atoms with Crippen LogP contribution in [0.25, 0.3) is 0 Å². The van der Waals surface area contributed by atoms with Gasteiger partial charge in [0.1, 0.15) is 11.9 Å². The quantitative estimate of drug-likeness (QED) is 0.814. The van der Waals surface area contributed by atoms with Gasteiger partial charge in [0.2, 0.25) is 5.91 Å². The molecule has 6 nitrogen and oxygen atoms in total. The van der Waals surface area contributed by atoms with Gasteiger partial charge in [-0.1, -0.05) is 6.07 Å². The highest BCUT2D eigenvalue weighted by Crippen LogP contribution is 2.17. The van der Waals surface area contributed by atoms with Gasteiger partial charge >= 0.3 is 0 Å². The largest absolute Gasteiger partial charge is 0.378 e. The topological polar surface area (TPSA) is 66.5 Å². The lowest BCUT2D eigenvalue weighted by Crippen LogP contribution is -2.53. The van der Waals surface area contributed by atoms with Crippen LogP contribution in [0.1, 0.15) is 19.4 Å². The van der Waals surface area contributed by atoms with E-state index in [1.807, 2.05) is 19.9 Å². The summed E-state index contributed by atoms with van der Waals surface area (Å²) in [6.45, 7) is 7.99. The first-order valence-electron chi connectivity index (χ1n) is 7.53. The van der Waals surface area contributed by atoms with Crippen molar-refractivity contribution in [2.75, 3.05) is 38.2 Å². The molecule has 2 heterocycles. The molecule has 1 aromatic heterocycles. The molecule has 1 fully saturated rings. The Bertz CT molecular complexity index is 467. The van der Waals surface area contributed by atoms with Gasteiger partial charge in [-0.3, -0.25) is 9.69 Å². The lowest BCUT2D eigenvalue weighted by molar-refractivity contribution is -0.132. The Morgan fingerprint density at radius 1 is 1.48 bits per heavy atom. The molecule has 0 aliphatic carbocycles. The lowest BCUT2D eigenvalue weighted by atomic mass is 10.1. The molecule has 21 heavy (non-hydrogen) atoms. The lowest BCUT2D eigenvalue weighted by Gasteiger charge is -2.34. The first kappa shape index (κ1) is 15.7. The Hall–Kier alpha value is -1.66. The second kappa shape index (κ2) is 7.95. The molecule has 2 N–H and O–H groups in total. The van der Waals surface area contributed by atoms with Crippen molar-refractivity contribution in [1.29, 1.82) is 0 Å². The van der Waals surface area contributed by atoms with Crippen molar-refractivity contribution >= 4 is 11.7 Å². The maximum Gasteiger partial charge on any atom is 0.239 e. The van der Waals surface area contributed by atoms with Gasteiger partial charge in [-0.2, -0.15) is 0 Å². The fourth-order valence-electron chi connectivity index (χ4n) is 2.47. The Balaban J connectivity index is 2.10. The second-order valence-electron chi connectivity index (χ2n) is 5.00. The molecule has 1 aliphatic rings. The number of nitrogens with zero attached hydrogens (tertiary/aromatic N) is 2. The Labute approximate surface area is 125 Å². The third-order valence-corrected chi connectivity index (χ3v) is 3.50. The third kappa shape index (κ3) is 4.15. The Morgan fingerprint density at radius 3 is 3.10 bits per heavy atom. The van der Waals surface area contributed by atoms with Crippen LogP contribution in [0.2, 0.25) is 0 Å². The van der Waals surface area contributed by atoms with Crippen LogP contribution in [0.5, 0.6) is 0 Å². The van der Waals surface area contributed by atoms with Crippen LogP contribution in [0.3, 0.4) is 0 Å². The van der Waals surface area contributed by atoms with Crippen LogP contribution in [-0.4, -0.2) is 54.7 Å². The number of pyridine rings is 1. The summed E-state index contributed by atoms with van der Waals surface area (Å²) in [5.41, 5.74) is 1.11. The molecule has 1 aromatic rings. The minimum absolute atomic E-state index is 0.0334. The maximum atomic E-state index is 12.1. The van der Waals surface area contributed by atoms with Crippen LogP contribution in [0, 0.1) is 0 Å². The smallest absolute Gasteiger partial charge is 0.239 e. The molecule has 1 atom stereocenters. The zero-order valence-corrected chi connectivity index (χ0v) is 12.8. The first-order valence-corrected chi connectivity index (χ1v) is 7.53. The van der Waals surface area contributed by atoms with Gasteiger partial charge in [-0.05, 0) is 19.9 Å². The highest BCUT2D eigenvalue weighted by molar-refractivity contribution is 5.82. The molecule has 0 spiro atoms. The standard InChI is InChI=1S/C15H24N4O2/c1-3-16-14-12(6-5-7-18-14)10-19-8-9-21-11-13(19)15(20)17-4-2/h5-7,13H,3-4,8-11H2,1-2H3,(H,16,18)(H,17,20). The number of amides is 1. The fraction of sp³-hybridized carbons (Fsp3) is 0.600. The summed E-state index contributed by atoms with van der Waals surface area (Å²) in [6.07, 6.45) is 1.78. The highest BCUT2D eigenvalue weighted by Gasteiger charge is 2.29. The van der Waals surface area contributed by atoms with Crippen molar-refractivity contribution in [3.63, 3.8) is 0 Å². The molecular weight excluding hydrogens is 268 g/mol. The molecule has 0 bridgehead atoms. The second-order valence-corrected chi connectivity index (χ2v) is 5.00. The van der Waals surface area contributed by atoms with Gasteiger partial charge in [0, 0.05) is 37.9 Å². The molecule has 0 saturated carbocycles. The summed E-state index contributed by atoms with van der Waals surface area (Å²) < 4.78 is 5.46. The number of ether oxygens (including phenoxy) is 1. The van der Waals surface area contributed by atoms with Crippen LogP contribution in [0.15, 0.2) is 18.3 Å². The van der Waals surface area contributed by atoms with Gasteiger partial charge in [0.05, 0.1) is 13.2 Å². The number of rotatable bonds is 6. The van der Waals surface area contributed by atoms with Crippen molar-refractivity contribution < 1.29 is 9.53 Å². The van der Waals surface area contributed by atoms with Gasteiger partial charge in [-0.15, -0.1) is 0 Å². The number of nitrogens with one attached hydrogen (secondary N) is 2. The zero-order chi connectivity index (χ0) is 15.1. The number of hydrogen-bond donors (Lipinski definition) is 2. The first-order chi connectivity index (χ1) is 10.3. The van der Waals surface area contributed by atoms with E-state index >= 15 is 0 Å². The third-order valence-electron chi connectivity index (χ3n) is 3.50. The van der Waals surface area contributed by atoms with E-state index in [0.717, 1.165) is 24.5 Å². The van der Waals surface area contributed by atoms with E-state index in [9.17, 15) is 4.79 Å². The van der Waals surface area contributed by atoms with Crippen molar-refractivity contribution in [3.05, 3.63) is 23.9 Å². The average Bonchev–Trinajstić information content (AvgIpc) is 2.50. The molecule has 1 unspecified atom stereocenters. The number of hydrogen-bond acceptors (Lipinski definition) is 5. The summed E-state index contributed by atoms with van der Waals surface area (Å²) in [5, 5.41) is 6.14. The molecule has 1 amide bonds. The van der Waals surface area contributed by atoms with Gasteiger partial charge < -0.3 is 15.4 Å². The van der Waals surface area contributed by atoms with Crippen LogP contribution in [0.4, 0.5) is 5.82 Å². The van der Waals surface area contributed by atoms with Gasteiger partial charge in [0.25, 0.3) is 0 Å². The van der Waals surface area contributed by atoms with E-state index in [1.54, 1.807) is 6.20 Å². The van der Waals surface area contributed by atoms with Crippen LogP contribution < -0.4 is 10.6 Å². The molecule has 1 aliphatic heterocycles. The van der Waals surface area contributed by atoms with E-state index in [1.165, 1.54) is 0 Å². The van der Waals surface area contributed by atoms with Crippen molar-refractivity contribution in [3.8, 4) is 0 Å². The summed E-state index contributed by atoms with van der Waals surface area (Å²) in [7, 11) is 0. The Kier molecular flexibility index (Phi) is 5.95. The minimum atomic E-state index is -0.228. The minimum Gasteiger partial charge on any atom is -0.378 e. The van der Waals surface area contributed by atoms with Gasteiger partial charge in [-0.25, -0.2) is 4.98 Å². The molecule has 1 saturated heterocycles. The van der Waals surface area contributed by atoms with Gasteiger partial charge in [0.15, 0.2) is 0 Å². The average molecular weight is 292 g/mol. The van der Waals surface area contributed by atoms with Crippen molar-refractivity contribution in [2.24, 2.45) is 0 Å². The van der Waals surface area contributed by atoms with E-state index < -0.39 is 0 Å². The zero-order valence-electron chi connectivity index (χ0n) is 12.8.